The van der Waals surface area contributed by atoms with E-state index in [4.69, 9.17) is 45.0 Å². The number of carboxylic acid groups (broad SMARTS) is 6. The van der Waals surface area contributed by atoms with Gasteiger partial charge in [-0.15, -0.1) is 0 Å². The molecule has 0 heterocycles. The Balaban J connectivity index is -0.00000000827. The Morgan fingerprint density at radius 3 is 0.533 bits per heavy atom. The van der Waals surface area contributed by atoms with E-state index < -0.39 is 18.5 Å². The third kappa shape index (κ3) is 3700. The largest absolute Gasteiger partial charge is 1.00 e. The quantitative estimate of drug-likeness (QED) is 0.230. The molecule has 78 valence electrons. The number of hydrogen-bond donors (Lipinski definition) is 6. The maximum absolute atomic E-state index is 8.56. The van der Waals surface area contributed by atoms with Gasteiger partial charge < -0.3 is 34.9 Å². The minimum atomic E-state index is -1.83. The van der Waals surface area contributed by atoms with Crippen molar-refractivity contribution in [2.45, 2.75) is 0 Å². The van der Waals surface area contributed by atoms with E-state index in [-0.39, 0.29) is 93.0 Å². The van der Waals surface area contributed by atoms with E-state index in [2.05, 4.69) is 0 Å². The third-order valence-electron chi connectivity index (χ3n) is 0. The average Bonchev–Trinajstić information content (AvgIpc) is 1.54. The molecular formula is C3H9Na3O9. The van der Waals surface area contributed by atoms with Crippen molar-refractivity contribution < 1.29 is 138 Å². The number of rotatable bonds is 0. The first-order valence-electron chi connectivity index (χ1n) is 1.95. The van der Waals surface area contributed by atoms with E-state index >= 15 is 0 Å². The van der Waals surface area contributed by atoms with Gasteiger partial charge in [0, 0.05) is 0 Å². The zero-order valence-electron chi connectivity index (χ0n) is 11.4. The summed E-state index contributed by atoms with van der Waals surface area (Å²) < 4.78 is 0. The molecule has 0 rings (SSSR count). The van der Waals surface area contributed by atoms with Crippen molar-refractivity contribution in [1.82, 2.24) is 0 Å². The van der Waals surface area contributed by atoms with E-state index in [0.29, 0.717) is 0 Å². The van der Waals surface area contributed by atoms with Gasteiger partial charge in [-0.3, -0.25) is 0 Å². The van der Waals surface area contributed by atoms with Gasteiger partial charge in [0.25, 0.3) is 0 Å². The van der Waals surface area contributed by atoms with E-state index in [9.17, 15) is 0 Å². The van der Waals surface area contributed by atoms with Crippen LogP contribution in [0.15, 0.2) is 0 Å². The van der Waals surface area contributed by atoms with Crippen LogP contribution < -0.4 is 88.7 Å². The minimum Gasteiger partial charge on any atom is -1.00 e. The molecule has 0 aliphatic rings. The number of carbonyl (C=O) groups is 3. The summed E-state index contributed by atoms with van der Waals surface area (Å²) in [5.41, 5.74) is 0. The van der Waals surface area contributed by atoms with Crippen molar-refractivity contribution >= 4 is 18.5 Å². The molecule has 0 saturated carbocycles. The van der Waals surface area contributed by atoms with Crippen molar-refractivity contribution in [2.75, 3.05) is 0 Å². The molecule has 6 N–H and O–H groups in total. The summed E-state index contributed by atoms with van der Waals surface area (Å²) in [6.07, 6.45) is -5.50. The summed E-state index contributed by atoms with van der Waals surface area (Å²) in [6.45, 7) is 0. The third-order valence-corrected chi connectivity index (χ3v) is 0. The fourth-order valence-corrected chi connectivity index (χ4v) is 0. The molecule has 0 radical (unpaired) electrons. The molecule has 0 aliphatic carbocycles. The second-order valence-electron chi connectivity index (χ2n) is 0.848. The molecule has 9 nitrogen and oxygen atoms in total. The van der Waals surface area contributed by atoms with Crippen molar-refractivity contribution in [2.24, 2.45) is 0 Å². The molecule has 0 aliphatic heterocycles. The van der Waals surface area contributed by atoms with Crippen LogP contribution in [-0.4, -0.2) is 49.1 Å². The maximum Gasteiger partial charge on any atom is 1.00 e. The molecule has 0 bridgehead atoms. The van der Waals surface area contributed by atoms with Crippen molar-refractivity contribution in [3.63, 3.8) is 0 Å². The van der Waals surface area contributed by atoms with Crippen LogP contribution >= 0.6 is 0 Å². The molecule has 0 aromatic carbocycles. The van der Waals surface area contributed by atoms with Crippen LogP contribution in [0.25, 0.3) is 0 Å². The molecular weight excluding hydrogens is 249 g/mol. The first-order chi connectivity index (χ1) is 5.20. The van der Waals surface area contributed by atoms with E-state index in [0.717, 1.165) is 0 Å². The van der Waals surface area contributed by atoms with Crippen LogP contribution in [0.1, 0.15) is 4.28 Å². The minimum absolute atomic E-state index is 0. The summed E-state index contributed by atoms with van der Waals surface area (Å²) >= 11 is 0. The smallest absolute Gasteiger partial charge is 1.00 e. The molecule has 15 heavy (non-hydrogen) atoms. The van der Waals surface area contributed by atoms with Gasteiger partial charge in [0.1, 0.15) is 0 Å². The average molecular weight is 258 g/mol. The fraction of sp³-hybridized carbons (Fsp3) is 0. The van der Waals surface area contributed by atoms with Crippen LogP contribution in [-0.2, 0) is 0 Å². The van der Waals surface area contributed by atoms with Crippen LogP contribution in [0.4, 0.5) is 14.4 Å². The Morgan fingerprint density at radius 1 is 0.533 bits per heavy atom. The van der Waals surface area contributed by atoms with Crippen LogP contribution in [0.5, 0.6) is 0 Å². The Morgan fingerprint density at radius 2 is 0.533 bits per heavy atom. The summed E-state index contributed by atoms with van der Waals surface area (Å²) in [5.74, 6) is 0. The molecule has 0 saturated heterocycles. The first-order valence-corrected chi connectivity index (χ1v) is 1.95. The van der Waals surface area contributed by atoms with Crippen LogP contribution in [0.3, 0.4) is 0 Å². The Kier molecular flexibility index (Phi) is 70.5. The van der Waals surface area contributed by atoms with Gasteiger partial charge >= 0.3 is 107 Å². The van der Waals surface area contributed by atoms with Gasteiger partial charge in [0.2, 0.25) is 0 Å². The Bertz CT molecular complexity index is 130. The standard InChI is InChI=1S/3CH2O3.3Na.3H/c3*2-1(3)4;;;;;;/h3*(H2,2,3,4);;;;;;/q;;;3*+1;3*-1. The zero-order chi connectivity index (χ0) is 10.7. The molecule has 0 aromatic rings. The van der Waals surface area contributed by atoms with Gasteiger partial charge in [0.15, 0.2) is 0 Å². The summed E-state index contributed by atoms with van der Waals surface area (Å²) in [4.78, 5) is 25.7. The topological polar surface area (TPSA) is 173 Å². The van der Waals surface area contributed by atoms with Crippen molar-refractivity contribution in [1.29, 1.82) is 0 Å². The summed E-state index contributed by atoms with van der Waals surface area (Å²) in [7, 11) is 0. The first kappa shape index (κ1) is 36.0. The zero-order valence-corrected chi connectivity index (χ0v) is 14.4. The summed E-state index contributed by atoms with van der Waals surface area (Å²) in [6, 6.07) is 0. The van der Waals surface area contributed by atoms with Crippen molar-refractivity contribution in [3.05, 3.63) is 0 Å². The molecule has 0 amide bonds. The van der Waals surface area contributed by atoms with Crippen molar-refractivity contribution in [3.8, 4) is 0 Å². The van der Waals surface area contributed by atoms with E-state index in [1.807, 2.05) is 0 Å². The van der Waals surface area contributed by atoms with E-state index in [1.165, 1.54) is 0 Å². The summed E-state index contributed by atoms with van der Waals surface area (Å²) in [5, 5.41) is 41.8. The molecule has 12 heteroatoms. The SMILES string of the molecule is O=C(O)O.O=C(O)O.O=C(O)O.[H-].[H-].[H-].[Na+].[Na+].[Na+]. The van der Waals surface area contributed by atoms with E-state index in [1.54, 1.807) is 0 Å². The molecule has 0 unspecified atom stereocenters. The predicted octanol–water partition coefficient (Wildman–Crippen LogP) is -7.98. The fourth-order valence-electron chi connectivity index (χ4n) is 0. The second-order valence-corrected chi connectivity index (χ2v) is 0.848. The second kappa shape index (κ2) is 29.3. The van der Waals surface area contributed by atoms with Gasteiger partial charge in [0.05, 0.1) is 0 Å². The Labute approximate surface area is 154 Å². The predicted molar refractivity (Wildman–Crippen MR) is 35.3 cm³/mol. The van der Waals surface area contributed by atoms with Gasteiger partial charge in [-0.25, -0.2) is 14.4 Å². The normalized spacial score (nSPS) is 4.80. The molecule has 0 aromatic heterocycles. The number of hydrogen-bond acceptors (Lipinski definition) is 3. The van der Waals surface area contributed by atoms with Gasteiger partial charge in [-0.2, -0.15) is 0 Å². The van der Waals surface area contributed by atoms with Gasteiger partial charge in [-0.1, -0.05) is 0 Å². The monoisotopic (exact) mass is 258 g/mol. The maximum atomic E-state index is 8.56. The van der Waals surface area contributed by atoms with Crippen LogP contribution in [0, 0.1) is 0 Å². The Hall–Kier alpha value is 0.810. The molecule has 0 fully saturated rings. The van der Waals surface area contributed by atoms with Crippen LogP contribution in [0.2, 0.25) is 0 Å². The molecule has 0 spiro atoms. The molecule has 0 atom stereocenters. The van der Waals surface area contributed by atoms with Gasteiger partial charge in [-0.05, 0) is 0 Å².